The number of piperidine rings is 1. The van der Waals surface area contributed by atoms with Crippen LogP contribution >= 0.6 is 0 Å². The molecule has 5 heteroatoms. The molecule has 2 rings (SSSR count). The molecule has 0 amide bonds. The van der Waals surface area contributed by atoms with Crippen molar-refractivity contribution in [1.82, 2.24) is 4.90 Å². The van der Waals surface area contributed by atoms with Crippen LogP contribution in [0.25, 0.3) is 0 Å². The van der Waals surface area contributed by atoms with E-state index in [2.05, 4.69) is 11.8 Å². The van der Waals surface area contributed by atoms with Crippen LogP contribution in [-0.2, 0) is 4.79 Å². The molecule has 1 aromatic rings. The van der Waals surface area contributed by atoms with Crippen LogP contribution in [0.15, 0.2) is 24.3 Å². The summed E-state index contributed by atoms with van der Waals surface area (Å²) in [6, 6.07) is 7.34. The molecule has 0 atom stereocenters. The number of carbonyl (C=O) groups is 2. The van der Waals surface area contributed by atoms with Gasteiger partial charge >= 0.3 is 5.97 Å². The third kappa shape index (κ3) is 5.64. The number of rotatable bonds is 9. The van der Waals surface area contributed by atoms with Crippen LogP contribution in [0, 0.1) is 5.92 Å². The van der Waals surface area contributed by atoms with Gasteiger partial charge in [0.15, 0.2) is 5.78 Å². The summed E-state index contributed by atoms with van der Waals surface area (Å²) in [7, 11) is 0. The minimum absolute atomic E-state index is 0.121. The Balaban J connectivity index is 1.73. The Labute approximate surface area is 143 Å². The van der Waals surface area contributed by atoms with Crippen molar-refractivity contribution in [2.75, 3.05) is 26.2 Å². The highest BCUT2D eigenvalue weighted by Crippen LogP contribution is 2.18. The van der Waals surface area contributed by atoms with Gasteiger partial charge < -0.3 is 14.7 Å². The van der Waals surface area contributed by atoms with Crippen LogP contribution in [-0.4, -0.2) is 48.0 Å². The lowest BCUT2D eigenvalue weighted by Crippen LogP contribution is -2.37. The van der Waals surface area contributed by atoms with Crippen molar-refractivity contribution < 1.29 is 19.4 Å². The molecule has 1 N–H and O–H groups in total. The zero-order chi connectivity index (χ0) is 17.4. The minimum atomic E-state index is -0.702. The van der Waals surface area contributed by atoms with Gasteiger partial charge in [-0.1, -0.05) is 13.3 Å². The molecule has 24 heavy (non-hydrogen) atoms. The first-order valence-electron chi connectivity index (χ1n) is 8.81. The van der Waals surface area contributed by atoms with Crippen molar-refractivity contribution in [3.05, 3.63) is 29.8 Å². The van der Waals surface area contributed by atoms with E-state index >= 15 is 0 Å². The average Bonchev–Trinajstić information content (AvgIpc) is 2.61. The van der Waals surface area contributed by atoms with Gasteiger partial charge in [0.05, 0.1) is 12.5 Å². The number of aliphatic carboxylic acids is 1. The summed E-state index contributed by atoms with van der Waals surface area (Å²) in [6.07, 6.45) is 3.94. The summed E-state index contributed by atoms with van der Waals surface area (Å²) < 4.78 is 5.60. The van der Waals surface area contributed by atoms with Gasteiger partial charge in [-0.2, -0.15) is 0 Å². The number of carbonyl (C=O) groups excluding carboxylic acids is 1. The van der Waals surface area contributed by atoms with Crippen molar-refractivity contribution in [3.63, 3.8) is 0 Å². The Kier molecular flexibility index (Phi) is 7.25. The molecular weight excluding hydrogens is 306 g/mol. The predicted octanol–water partition coefficient (Wildman–Crippen LogP) is 3.23. The fraction of sp³-hybridized carbons (Fsp3) is 0.579. The third-order valence-corrected chi connectivity index (χ3v) is 4.53. The van der Waals surface area contributed by atoms with Crippen LogP contribution < -0.4 is 4.74 Å². The highest BCUT2D eigenvalue weighted by atomic mass is 16.5. The highest BCUT2D eigenvalue weighted by Gasteiger charge is 2.24. The molecule has 0 aromatic heterocycles. The number of hydrogen-bond acceptors (Lipinski definition) is 4. The first-order chi connectivity index (χ1) is 11.6. The van der Waals surface area contributed by atoms with Crippen LogP contribution in [0.3, 0.4) is 0 Å². The van der Waals surface area contributed by atoms with Crippen molar-refractivity contribution in [2.45, 2.75) is 39.0 Å². The fourth-order valence-corrected chi connectivity index (χ4v) is 2.88. The summed E-state index contributed by atoms with van der Waals surface area (Å²) >= 11 is 0. The van der Waals surface area contributed by atoms with Crippen LogP contribution in [0.2, 0.25) is 0 Å². The van der Waals surface area contributed by atoms with E-state index in [1.54, 1.807) is 0 Å². The molecule has 0 radical (unpaired) electrons. The number of likely N-dealkylation sites (tertiary alicyclic amines) is 1. The fourth-order valence-electron chi connectivity index (χ4n) is 2.88. The molecular formula is C19H27NO4. The number of benzene rings is 1. The quantitative estimate of drug-likeness (QED) is 0.555. The van der Waals surface area contributed by atoms with E-state index in [1.807, 2.05) is 24.3 Å². The number of carboxylic acid groups (broad SMARTS) is 1. The molecule has 132 valence electrons. The monoisotopic (exact) mass is 333 g/mol. The van der Waals surface area contributed by atoms with Crippen molar-refractivity contribution in [3.8, 4) is 5.75 Å². The average molecular weight is 333 g/mol. The third-order valence-electron chi connectivity index (χ3n) is 4.53. The molecule has 0 spiro atoms. The summed E-state index contributed by atoms with van der Waals surface area (Å²) in [5.74, 6) is -0.00427. The van der Waals surface area contributed by atoms with Gasteiger partial charge in [0.25, 0.3) is 0 Å². The minimum Gasteiger partial charge on any atom is -0.494 e. The molecule has 1 aliphatic rings. The Hall–Kier alpha value is -1.88. The molecule has 1 heterocycles. The SMILES string of the molecule is CCCCOc1ccc(C(=O)CCN2CCC(C(=O)O)CC2)cc1. The number of Topliss-reactive ketones (excluding diaryl/α,β-unsaturated/α-hetero) is 1. The molecule has 1 saturated heterocycles. The molecule has 1 fully saturated rings. The Morgan fingerprint density at radius 1 is 1.21 bits per heavy atom. The molecule has 1 aromatic carbocycles. The molecule has 1 aliphatic heterocycles. The molecule has 0 bridgehead atoms. The number of unbranched alkanes of at least 4 members (excludes halogenated alkanes) is 1. The summed E-state index contributed by atoms with van der Waals surface area (Å²) in [5.41, 5.74) is 0.707. The summed E-state index contributed by atoms with van der Waals surface area (Å²) in [6.45, 7) is 5.04. The largest absolute Gasteiger partial charge is 0.494 e. The topological polar surface area (TPSA) is 66.8 Å². The number of nitrogens with zero attached hydrogens (tertiary/aromatic N) is 1. The smallest absolute Gasteiger partial charge is 0.306 e. The molecule has 5 nitrogen and oxygen atoms in total. The maximum absolute atomic E-state index is 12.3. The second-order valence-corrected chi connectivity index (χ2v) is 6.35. The van der Waals surface area contributed by atoms with E-state index in [0.717, 1.165) is 31.7 Å². The van der Waals surface area contributed by atoms with E-state index in [0.29, 0.717) is 38.0 Å². The lowest BCUT2D eigenvalue weighted by molar-refractivity contribution is -0.143. The van der Waals surface area contributed by atoms with Gasteiger partial charge in [-0.25, -0.2) is 0 Å². The van der Waals surface area contributed by atoms with E-state index in [9.17, 15) is 9.59 Å². The maximum Gasteiger partial charge on any atom is 0.306 e. The second-order valence-electron chi connectivity index (χ2n) is 6.35. The first kappa shape index (κ1) is 18.5. The number of ketones is 1. The lowest BCUT2D eigenvalue weighted by Gasteiger charge is -2.29. The second kappa shape index (κ2) is 9.42. The van der Waals surface area contributed by atoms with Crippen molar-refractivity contribution in [1.29, 1.82) is 0 Å². The Morgan fingerprint density at radius 3 is 2.46 bits per heavy atom. The maximum atomic E-state index is 12.3. The van der Waals surface area contributed by atoms with E-state index in [4.69, 9.17) is 9.84 Å². The van der Waals surface area contributed by atoms with Gasteiger partial charge in [0.1, 0.15) is 5.75 Å². The highest BCUT2D eigenvalue weighted by molar-refractivity contribution is 5.96. The Morgan fingerprint density at radius 2 is 1.88 bits per heavy atom. The van der Waals surface area contributed by atoms with Gasteiger partial charge in [-0.05, 0) is 56.6 Å². The van der Waals surface area contributed by atoms with Crippen molar-refractivity contribution >= 4 is 11.8 Å². The number of ether oxygens (including phenoxy) is 1. The normalized spacial score (nSPS) is 16.0. The zero-order valence-electron chi connectivity index (χ0n) is 14.4. The standard InChI is InChI=1S/C19H27NO4/c1-2-3-14-24-17-6-4-15(5-7-17)18(21)10-13-20-11-8-16(9-12-20)19(22)23/h4-7,16H,2-3,8-14H2,1H3,(H,22,23). The Bertz CT molecular complexity index is 533. The van der Waals surface area contributed by atoms with Crippen LogP contribution in [0.1, 0.15) is 49.4 Å². The van der Waals surface area contributed by atoms with Gasteiger partial charge in [0.2, 0.25) is 0 Å². The van der Waals surface area contributed by atoms with Crippen LogP contribution in [0.5, 0.6) is 5.75 Å². The number of carboxylic acids is 1. The molecule has 0 saturated carbocycles. The van der Waals surface area contributed by atoms with Gasteiger partial charge in [-0.15, -0.1) is 0 Å². The summed E-state index contributed by atoms with van der Waals surface area (Å²) in [5, 5.41) is 9.00. The van der Waals surface area contributed by atoms with Gasteiger partial charge in [0, 0.05) is 18.5 Å². The lowest BCUT2D eigenvalue weighted by atomic mass is 9.97. The molecule has 0 aliphatic carbocycles. The van der Waals surface area contributed by atoms with Gasteiger partial charge in [-0.3, -0.25) is 9.59 Å². The van der Waals surface area contributed by atoms with E-state index in [-0.39, 0.29) is 11.7 Å². The van der Waals surface area contributed by atoms with E-state index in [1.165, 1.54) is 0 Å². The van der Waals surface area contributed by atoms with Crippen molar-refractivity contribution in [2.24, 2.45) is 5.92 Å². The van der Waals surface area contributed by atoms with E-state index < -0.39 is 5.97 Å². The zero-order valence-corrected chi connectivity index (χ0v) is 14.4. The number of hydrogen-bond donors (Lipinski definition) is 1. The summed E-state index contributed by atoms with van der Waals surface area (Å²) in [4.78, 5) is 25.4. The van der Waals surface area contributed by atoms with Crippen LogP contribution in [0.4, 0.5) is 0 Å². The predicted molar refractivity (Wildman–Crippen MR) is 92.6 cm³/mol. The molecule has 0 unspecified atom stereocenters. The first-order valence-corrected chi connectivity index (χ1v) is 8.81.